The summed E-state index contributed by atoms with van der Waals surface area (Å²) in [7, 11) is 0. The molecule has 43 heavy (non-hydrogen) atoms. The van der Waals surface area contributed by atoms with Crippen molar-refractivity contribution in [2.24, 2.45) is 20.5 Å². The Kier molecular flexibility index (Phi) is 10.3. The van der Waals surface area contributed by atoms with Crippen LogP contribution in [0.2, 0.25) is 0 Å². The van der Waals surface area contributed by atoms with E-state index in [9.17, 15) is 5.11 Å². The van der Waals surface area contributed by atoms with Crippen molar-refractivity contribution in [3.8, 4) is 5.75 Å². The highest BCUT2D eigenvalue weighted by atomic mass is 32.2. The monoisotopic (exact) mass is 617 g/mol. The van der Waals surface area contributed by atoms with Crippen LogP contribution in [0.25, 0.3) is 10.8 Å². The lowest BCUT2D eigenvalue weighted by molar-refractivity contribution is -0.432. The molecule has 0 aromatic heterocycles. The standard InChI is InChI=1S/C29H23N5O7S2/c1-18-15-23(32-31-21-7-11-24(12-8-21)42-40-38-36)10-14-26(18)33-34-28-27(43-41-39-37)17-19-16-22(9-13-25(19)29(28)35)30-20-5-3-2-4-6-20/h2-17,30,35-37H,1H3. The van der Waals surface area contributed by atoms with Crippen molar-refractivity contribution < 1.29 is 34.4 Å². The maximum absolute atomic E-state index is 11.1. The highest BCUT2D eigenvalue weighted by Gasteiger charge is 2.16. The molecule has 0 saturated carbocycles. The molecule has 5 aromatic rings. The molecule has 0 aliphatic heterocycles. The Labute approximate surface area is 253 Å². The highest BCUT2D eigenvalue weighted by molar-refractivity contribution is 7.94. The summed E-state index contributed by atoms with van der Waals surface area (Å²) in [5.74, 6) is -0.112. The number of para-hydroxylation sites is 1. The van der Waals surface area contributed by atoms with Crippen LogP contribution in [0.5, 0.6) is 5.75 Å². The van der Waals surface area contributed by atoms with Crippen LogP contribution in [0.15, 0.2) is 127 Å². The quantitative estimate of drug-likeness (QED) is 0.0459. The molecule has 218 valence electrons. The zero-order chi connectivity index (χ0) is 30.0. The van der Waals surface area contributed by atoms with Gasteiger partial charge in [0.25, 0.3) is 0 Å². The lowest BCUT2D eigenvalue weighted by Crippen LogP contribution is -1.90. The summed E-state index contributed by atoms with van der Waals surface area (Å²) >= 11 is 1.53. The Balaban J connectivity index is 1.37. The van der Waals surface area contributed by atoms with E-state index in [1.165, 1.54) is 0 Å². The van der Waals surface area contributed by atoms with Gasteiger partial charge in [-0.1, -0.05) is 28.3 Å². The number of fused-ring (bicyclic) bond motifs is 1. The number of benzene rings is 5. The minimum Gasteiger partial charge on any atom is -0.505 e. The largest absolute Gasteiger partial charge is 0.505 e. The number of hydrogen-bond donors (Lipinski definition) is 4. The van der Waals surface area contributed by atoms with Crippen molar-refractivity contribution in [2.45, 2.75) is 16.7 Å². The number of phenolic OH excluding ortho intramolecular Hbond substituents is 1. The molecule has 5 aromatic carbocycles. The molecule has 0 heterocycles. The van der Waals surface area contributed by atoms with E-state index in [1.54, 1.807) is 54.6 Å². The maximum Gasteiger partial charge on any atom is 0.152 e. The summed E-state index contributed by atoms with van der Waals surface area (Å²) in [5.41, 5.74) is 4.40. The molecular weight excluding hydrogens is 594 g/mol. The fraction of sp³-hybridized carbons (Fsp3) is 0.0345. The SMILES string of the molecule is Cc1cc(N=Nc2ccc(SOOO)cc2)ccc1N=Nc1c(SOOO)cc2cc(Nc3ccccc3)ccc2c1O. The Morgan fingerprint density at radius 2 is 1.40 bits per heavy atom. The zero-order valence-electron chi connectivity index (χ0n) is 22.3. The lowest BCUT2D eigenvalue weighted by Gasteiger charge is -2.12. The lowest BCUT2D eigenvalue weighted by atomic mass is 10.1. The number of anilines is 2. The number of hydrogen-bond acceptors (Lipinski definition) is 14. The summed E-state index contributed by atoms with van der Waals surface area (Å²) in [4.78, 5) is 1.07. The average molecular weight is 618 g/mol. The van der Waals surface area contributed by atoms with Gasteiger partial charge in [0.15, 0.2) is 5.75 Å². The molecule has 5 rings (SSSR count). The second-order valence-corrected chi connectivity index (χ2v) is 10.3. The van der Waals surface area contributed by atoms with E-state index in [-0.39, 0.29) is 11.4 Å². The van der Waals surface area contributed by atoms with E-state index in [4.69, 9.17) is 10.5 Å². The fourth-order valence-corrected chi connectivity index (χ4v) is 4.84. The first-order valence-electron chi connectivity index (χ1n) is 12.5. The molecule has 4 N–H and O–H groups in total. The maximum atomic E-state index is 11.1. The Bertz CT molecular complexity index is 1760. The summed E-state index contributed by atoms with van der Waals surface area (Å²) in [6.45, 7) is 1.85. The van der Waals surface area contributed by atoms with Gasteiger partial charge in [0.05, 0.1) is 46.0 Å². The van der Waals surface area contributed by atoms with Gasteiger partial charge in [-0.15, -0.1) is 13.8 Å². The molecule has 0 amide bonds. The summed E-state index contributed by atoms with van der Waals surface area (Å²) in [6, 6.07) is 29.2. The van der Waals surface area contributed by atoms with Gasteiger partial charge in [-0.2, -0.15) is 15.3 Å². The van der Waals surface area contributed by atoms with Crippen molar-refractivity contribution in [3.63, 3.8) is 0 Å². The molecule has 0 radical (unpaired) electrons. The number of aryl methyl sites for hydroxylation is 1. The second-order valence-electron chi connectivity index (χ2n) is 8.82. The third kappa shape index (κ3) is 7.92. The third-order valence-corrected chi connectivity index (χ3v) is 7.20. The third-order valence-electron chi connectivity index (χ3n) is 5.98. The fourth-order valence-electron chi connectivity index (χ4n) is 3.99. The van der Waals surface area contributed by atoms with E-state index in [2.05, 4.69) is 44.5 Å². The number of rotatable bonds is 12. The van der Waals surface area contributed by atoms with Crippen LogP contribution in [-0.4, -0.2) is 15.6 Å². The van der Waals surface area contributed by atoms with E-state index in [0.29, 0.717) is 49.7 Å². The van der Waals surface area contributed by atoms with Gasteiger partial charge >= 0.3 is 0 Å². The van der Waals surface area contributed by atoms with E-state index >= 15 is 0 Å². The van der Waals surface area contributed by atoms with Gasteiger partial charge < -0.3 is 10.4 Å². The number of azo groups is 2. The van der Waals surface area contributed by atoms with Crippen LogP contribution in [0.4, 0.5) is 34.1 Å². The normalized spacial score (nSPS) is 11.6. The first kappa shape index (κ1) is 30.1. The summed E-state index contributed by atoms with van der Waals surface area (Å²) in [6.07, 6.45) is 0. The molecule has 0 aliphatic rings. The first-order valence-corrected chi connectivity index (χ1v) is 14.0. The van der Waals surface area contributed by atoms with Crippen LogP contribution < -0.4 is 5.32 Å². The van der Waals surface area contributed by atoms with Crippen LogP contribution in [-0.2, 0) is 18.7 Å². The van der Waals surface area contributed by atoms with Gasteiger partial charge in [0, 0.05) is 21.7 Å². The number of nitrogens with zero attached hydrogens (tertiary/aromatic N) is 4. The van der Waals surface area contributed by atoms with Gasteiger partial charge in [0.1, 0.15) is 5.69 Å². The second kappa shape index (κ2) is 14.7. The molecule has 12 nitrogen and oxygen atoms in total. The van der Waals surface area contributed by atoms with Crippen LogP contribution >= 0.6 is 24.1 Å². The number of aromatic hydroxyl groups is 1. The van der Waals surface area contributed by atoms with Gasteiger partial charge in [-0.3, -0.25) is 0 Å². The van der Waals surface area contributed by atoms with Crippen molar-refractivity contribution in [3.05, 3.63) is 103 Å². The smallest absolute Gasteiger partial charge is 0.152 e. The molecule has 0 saturated heterocycles. The Morgan fingerprint density at radius 1 is 0.674 bits per heavy atom. The predicted molar refractivity (Wildman–Crippen MR) is 163 cm³/mol. The average Bonchev–Trinajstić information content (AvgIpc) is 3.03. The Morgan fingerprint density at radius 3 is 2.14 bits per heavy atom. The van der Waals surface area contributed by atoms with E-state index in [0.717, 1.165) is 29.0 Å². The van der Waals surface area contributed by atoms with Gasteiger partial charge in [-0.05, 0) is 96.7 Å². The highest BCUT2D eigenvalue weighted by Crippen LogP contribution is 2.45. The minimum absolute atomic E-state index is 0.112. The zero-order valence-corrected chi connectivity index (χ0v) is 24.0. The molecule has 0 spiro atoms. The molecule has 14 heteroatoms. The molecular formula is C29H23N5O7S2. The summed E-state index contributed by atoms with van der Waals surface area (Å²) < 4.78 is 9.06. The van der Waals surface area contributed by atoms with E-state index in [1.807, 2.05) is 49.4 Å². The first-order chi connectivity index (χ1) is 21.0. The van der Waals surface area contributed by atoms with E-state index < -0.39 is 0 Å². The topological polar surface area (TPSA) is 159 Å². The van der Waals surface area contributed by atoms with Crippen molar-refractivity contribution in [2.75, 3.05) is 5.32 Å². The predicted octanol–water partition coefficient (Wildman–Crippen LogP) is 10.3. The molecule has 0 fully saturated rings. The van der Waals surface area contributed by atoms with Crippen LogP contribution in [0.1, 0.15) is 5.56 Å². The molecule has 0 aliphatic carbocycles. The number of nitrogens with one attached hydrogen (secondary N) is 1. The van der Waals surface area contributed by atoms with Crippen LogP contribution in [0.3, 0.4) is 0 Å². The number of phenols is 1. The molecule has 0 bridgehead atoms. The molecule has 0 unspecified atom stereocenters. The van der Waals surface area contributed by atoms with Crippen molar-refractivity contribution in [1.29, 1.82) is 0 Å². The Hall–Kier alpha value is -4.38. The van der Waals surface area contributed by atoms with Gasteiger partial charge in [-0.25, -0.2) is 10.5 Å². The minimum atomic E-state index is -0.112. The van der Waals surface area contributed by atoms with Crippen molar-refractivity contribution in [1.82, 2.24) is 0 Å². The summed E-state index contributed by atoms with van der Waals surface area (Å²) in [5, 5.41) is 57.2. The van der Waals surface area contributed by atoms with Crippen LogP contribution in [0, 0.1) is 6.92 Å². The van der Waals surface area contributed by atoms with Crippen molar-refractivity contribution >= 4 is 69.0 Å². The molecule has 0 atom stereocenters. The van der Waals surface area contributed by atoms with Gasteiger partial charge in [0.2, 0.25) is 0 Å².